The Morgan fingerprint density at radius 2 is 1.72 bits per heavy atom. The molecule has 2 aromatic carbocycles. The average Bonchev–Trinajstić information content (AvgIpc) is 3.24. The Hall–Kier alpha value is -3.27. The number of hydrogen-bond donors (Lipinski definition) is 1. The fraction of sp³-hybridized carbons (Fsp3) is 0.240. The van der Waals surface area contributed by atoms with E-state index in [1.54, 1.807) is 18.4 Å². The van der Waals surface area contributed by atoms with Crippen molar-refractivity contribution in [1.82, 2.24) is 4.57 Å². The Bertz CT molecular complexity index is 1160. The fourth-order valence-electron chi connectivity index (χ4n) is 3.77. The van der Waals surface area contributed by atoms with Gasteiger partial charge in [-0.2, -0.15) is 0 Å². The highest BCUT2D eigenvalue weighted by Gasteiger charge is 2.21. The quantitative estimate of drug-likeness (QED) is 0.438. The first-order valence-electron chi connectivity index (χ1n) is 9.79. The van der Waals surface area contributed by atoms with Crippen LogP contribution in [-0.2, 0) is 11.3 Å². The molecule has 29 heavy (non-hydrogen) atoms. The molecule has 1 N–H and O–H groups in total. The summed E-state index contributed by atoms with van der Waals surface area (Å²) in [5, 5.41) is 10.6. The molecule has 2 heterocycles. The zero-order valence-electron chi connectivity index (χ0n) is 17.0. The minimum absolute atomic E-state index is 0.0584. The Morgan fingerprint density at radius 3 is 2.45 bits per heavy atom. The highest BCUT2D eigenvalue weighted by Crippen LogP contribution is 2.36. The van der Waals surface area contributed by atoms with Gasteiger partial charge in [0.05, 0.1) is 12.2 Å². The topological polar surface area (TPSA) is 55.4 Å². The maximum absolute atomic E-state index is 12.9. The summed E-state index contributed by atoms with van der Waals surface area (Å²) in [5.41, 5.74) is 4.46. The predicted molar refractivity (Wildman–Crippen MR) is 116 cm³/mol. The lowest BCUT2D eigenvalue weighted by Crippen LogP contribution is -2.18. The van der Waals surface area contributed by atoms with Crippen molar-refractivity contribution in [2.24, 2.45) is 5.41 Å². The third-order valence-electron chi connectivity index (χ3n) is 4.95. The molecule has 2 aromatic heterocycles. The number of phenolic OH excluding ortho intramolecular Hbond substituents is 1. The molecule has 4 heteroatoms. The number of carbonyl (C=O) groups is 1. The number of phenols is 1. The van der Waals surface area contributed by atoms with Crippen molar-refractivity contribution in [3.8, 4) is 28.3 Å². The first-order chi connectivity index (χ1) is 13.8. The zero-order valence-corrected chi connectivity index (χ0v) is 17.0. The standard InChI is InChI=1S/C25H25NO3/c1-25(2,3)14-19(28)15-26-22(17-7-5-4-6-8-17)11-12-23(26)21-16-29-24-13-18(27)9-10-20(21)24/h4-13,16,27H,14-15H2,1-3H3. The number of hydrogen-bond acceptors (Lipinski definition) is 3. The molecule has 0 amide bonds. The second-order valence-electron chi connectivity index (χ2n) is 8.66. The van der Waals surface area contributed by atoms with Crippen LogP contribution < -0.4 is 0 Å². The van der Waals surface area contributed by atoms with Crippen molar-refractivity contribution >= 4 is 16.8 Å². The molecule has 0 atom stereocenters. The van der Waals surface area contributed by atoms with E-state index in [1.165, 1.54) is 0 Å². The maximum Gasteiger partial charge on any atom is 0.153 e. The van der Waals surface area contributed by atoms with Gasteiger partial charge in [0.25, 0.3) is 0 Å². The Kier molecular flexibility index (Phi) is 4.79. The minimum Gasteiger partial charge on any atom is -0.508 e. The largest absolute Gasteiger partial charge is 0.508 e. The van der Waals surface area contributed by atoms with E-state index in [-0.39, 0.29) is 16.9 Å². The van der Waals surface area contributed by atoms with Crippen LogP contribution >= 0.6 is 0 Å². The van der Waals surface area contributed by atoms with Crippen LogP contribution in [0.1, 0.15) is 27.2 Å². The third kappa shape index (κ3) is 3.97. The summed E-state index contributed by atoms with van der Waals surface area (Å²) in [6, 6.07) is 19.3. The highest BCUT2D eigenvalue weighted by atomic mass is 16.3. The molecule has 4 aromatic rings. The summed E-state index contributed by atoms with van der Waals surface area (Å²) in [6.45, 7) is 6.54. The van der Waals surface area contributed by atoms with Gasteiger partial charge in [-0.25, -0.2) is 0 Å². The molecule has 0 radical (unpaired) electrons. The van der Waals surface area contributed by atoms with Gasteiger partial charge < -0.3 is 14.1 Å². The molecular formula is C25H25NO3. The van der Waals surface area contributed by atoms with Crippen molar-refractivity contribution in [1.29, 1.82) is 0 Å². The van der Waals surface area contributed by atoms with Crippen LogP contribution in [0.25, 0.3) is 33.5 Å². The van der Waals surface area contributed by atoms with Crippen molar-refractivity contribution in [3.63, 3.8) is 0 Å². The average molecular weight is 387 g/mol. The predicted octanol–water partition coefficient (Wildman–Crippen LogP) is 6.28. The second-order valence-corrected chi connectivity index (χ2v) is 8.66. The summed E-state index contributed by atoms with van der Waals surface area (Å²) >= 11 is 0. The molecule has 4 rings (SSSR count). The van der Waals surface area contributed by atoms with Gasteiger partial charge in [0, 0.05) is 29.1 Å². The number of aromatic nitrogens is 1. The molecule has 148 valence electrons. The van der Waals surface area contributed by atoms with Gasteiger partial charge in [0.2, 0.25) is 0 Å². The number of benzene rings is 2. The number of furan rings is 1. The number of ketones is 1. The molecule has 0 bridgehead atoms. The van der Waals surface area contributed by atoms with Crippen LogP contribution in [0.15, 0.2) is 71.3 Å². The summed E-state index contributed by atoms with van der Waals surface area (Å²) in [6.07, 6.45) is 2.21. The lowest BCUT2D eigenvalue weighted by atomic mass is 9.90. The van der Waals surface area contributed by atoms with Crippen LogP contribution in [0.4, 0.5) is 0 Å². The monoisotopic (exact) mass is 387 g/mol. The van der Waals surface area contributed by atoms with Crippen LogP contribution in [0.3, 0.4) is 0 Å². The van der Waals surface area contributed by atoms with Gasteiger partial charge in [-0.15, -0.1) is 0 Å². The van der Waals surface area contributed by atoms with Gasteiger partial charge >= 0.3 is 0 Å². The van der Waals surface area contributed by atoms with E-state index in [1.807, 2.05) is 36.4 Å². The molecule has 0 aliphatic heterocycles. The van der Waals surface area contributed by atoms with Crippen molar-refractivity contribution < 1.29 is 14.3 Å². The van der Waals surface area contributed by atoms with Crippen LogP contribution in [-0.4, -0.2) is 15.5 Å². The number of carbonyl (C=O) groups excluding carboxylic acids is 1. The maximum atomic E-state index is 12.9. The van der Waals surface area contributed by atoms with Crippen molar-refractivity contribution in [2.45, 2.75) is 33.7 Å². The van der Waals surface area contributed by atoms with Crippen LogP contribution in [0, 0.1) is 5.41 Å². The number of nitrogens with zero attached hydrogens (tertiary/aromatic N) is 1. The Labute approximate surface area is 170 Å². The Balaban J connectivity index is 1.83. The van der Waals surface area contributed by atoms with Gasteiger partial charge in [-0.05, 0) is 35.2 Å². The highest BCUT2D eigenvalue weighted by molar-refractivity contribution is 5.95. The van der Waals surface area contributed by atoms with E-state index in [0.717, 1.165) is 27.9 Å². The number of rotatable bonds is 5. The minimum atomic E-state index is -0.0584. The molecule has 0 spiro atoms. The third-order valence-corrected chi connectivity index (χ3v) is 4.95. The molecule has 0 saturated carbocycles. The first kappa shape index (κ1) is 19.1. The summed E-state index contributed by atoms with van der Waals surface area (Å²) in [7, 11) is 0. The second kappa shape index (κ2) is 7.28. The number of fused-ring (bicyclic) bond motifs is 1. The number of aromatic hydroxyl groups is 1. The molecule has 0 fully saturated rings. The van der Waals surface area contributed by atoms with Crippen LogP contribution in [0.2, 0.25) is 0 Å². The smallest absolute Gasteiger partial charge is 0.153 e. The van der Waals surface area contributed by atoms with E-state index in [4.69, 9.17) is 4.42 Å². The Morgan fingerprint density at radius 1 is 1.00 bits per heavy atom. The van der Waals surface area contributed by atoms with Crippen molar-refractivity contribution in [3.05, 3.63) is 66.9 Å². The van der Waals surface area contributed by atoms with E-state index < -0.39 is 0 Å². The molecule has 0 saturated heterocycles. The summed E-state index contributed by atoms with van der Waals surface area (Å²) in [5.74, 6) is 0.358. The summed E-state index contributed by atoms with van der Waals surface area (Å²) < 4.78 is 7.75. The van der Waals surface area contributed by atoms with E-state index in [0.29, 0.717) is 18.5 Å². The normalized spacial score (nSPS) is 11.8. The van der Waals surface area contributed by atoms with Gasteiger partial charge in [-0.1, -0.05) is 51.1 Å². The molecular weight excluding hydrogens is 362 g/mol. The van der Waals surface area contributed by atoms with Gasteiger partial charge in [0.1, 0.15) is 17.6 Å². The van der Waals surface area contributed by atoms with E-state index in [2.05, 4.69) is 37.5 Å². The van der Waals surface area contributed by atoms with E-state index in [9.17, 15) is 9.90 Å². The van der Waals surface area contributed by atoms with Crippen molar-refractivity contribution in [2.75, 3.05) is 0 Å². The van der Waals surface area contributed by atoms with E-state index >= 15 is 0 Å². The van der Waals surface area contributed by atoms with Gasteiger partial charge in [-0.3, -0.25) is 4.79 Å². The SMILES string of the molecule is CC(C)(C)CC(=O)Cn1c(-c2ccccc2)ccc1-c1coc2cc(O)ccc12. The lowest BCUT2D eigenvalue weighted by molar-refractivity contribution is -0.121. The zero-order chi connectivity index (χ0) is 20.6. The summed E-state index contributed by atoms with van der Waals surface area (Å²) in [4.78, 5) is 12.9. The number of Topliss-reactive ketones (excluding diaryl/α,β-unsaturated/α-hetero) is 1. The van der Waals surface area contributed by atoms with Gasteiger partial charge in [0.15, 0.2) is 5.78 Å². The molecule has 0 unspecified atom stereocenters. The first-order valence-corrected chi connectivity index (χ1v) is 9.79. The van der Waals surface area contributed by atoms with Crippen LogP contribution in [0.5, 0.6) is 5.75 Å². The lowest BCUT2D eigenvalue weighted by Gasteiger charge is -2.19. The molecule has 4 nitrogen and oxygen atoms in total. The fourth-order valence-corrected chi connectivity index (χ4v) is 3.77. The molecule has 0 aliphatic rings. The molecule has 0 aliphatic carbocycles.